The zero-order valence-electron chi connectivity index (χ0n) is 8.77. The summed E-state index contributed by atoms with van der Waals surface area (Å²) >= 11 is 7.41. The molecule has 0 saturated carbocycles. The molecule has 0 spiro atoms. The van der Waals surface area contributed by atoms with E-state index in [0.29, 0.717) is 0 Å². The van der Waals surface area contributed by atoms with Gasteiger partial charge in [-0.15, -0.1) is 11.3 Å². The second-order valence-corrected chi connectivity index (χ2v) is 4.58. The maximum Gasteiger partial charge on any atom is 0.224 e. The number of aromatic nitrogens is 3. The smallest absolute Gasteiger partial charge is 0.224 e. The molecule has 0 aromatic carbocycles. The molecule has 2 rings (SSSR count). The van der Waals surface area contributed by atoms with Crippen LogP contribution in [-0.2, 0) is 6.42 Å². The largest absolute Gasteiger partial charge is 0.369 e. The Morgan fingerprint density at radius 2 is 2.31 bits per heavy atom. The van der Waals surface area contributed by atoms with Crippen LogP contribution in [0.15, 0.2) is 17.6 Å². The molecule has 16 heavy (non-hydrogen) atoms. The quantitative estimate of drug-likeness (QED) is 0.852. The number of nitrogens with zero attached hydrogens (tertiary/aromatic N) is 3. The molecular formula is C10H11ClN4S. The summed E-state index contributed by atoms with van der Waals surface area (Å²) in [5, 5.41) is 6.56. The van der Waals surface area contributed by atoms with E-state index in [1.807, 2.05) is 24.6 Å². The number of hydrogen-bond donors (Lipinski definition) is 1. The number of thiazole rings is 1. The first-order valence-corrected chi connectivity index (χ1v) is 6.13. The van der Waals surface area contributed by atoms with E-state index in [1.54, 1.807) is 11.3 Å². The van der Waals surface area contributed by atoms with Crippen LogP contribution in [0, 0.1) is 6.92 Å². The zero-order valence-corrected chi connectivity index (χ0v) is 10.3. The van der Waals surface area contributed by atoms with Gasteiger partial charge in [-0.3, -0.25) is 0 Å². The fourth-order valence-corrected chi connectivity index (χ4v) is 2.14. The lowest BCUT2D eigenvalue weighted by atomic mass is 10.4. The molecule has 0 aliphatic heterocycles. The van der Waals surface area contributed by atoms with Crippen LogP contribution in [0.5, 0.6) is 0 Å². The first-order valence-electron chi connectivity index (χ1n) is 4.87. The molecule has 4 nitrogen and oxygen atoms in total. The van der Waals surface area contributed by atoms with Crippen molar-refractivity contribution in [3.05, 3.63) is 33.6 Å². The molecule has 0 saturated heterocycles. The van der Waals surface area contributed by atoms with Crippen molar-refractivity contribution in [1.82, 2.24) is 15.0 Å². The third-order valence-corrected chi connectivity index (χ3v) is 2.96. The second-order valence-electron chi connectivity index (χ2n) is 3.27. The number of nitrogens with one attached hydrogen (secondary N) is 1. The highest BCUT2D eigenvalue weighted by Gasteiger charge is 2.00. The topological polar surface area (TPSA) is 50.7 Å². The Labute approximate surface area is 103 Å². The predicted molar refractivity (Wildman–Crippen MR) is 66.1 cm³/mol. The first-order chi connectivity index (χ1) is 7.74. The maximum atomic E-state index is 5.76. The van der Waals surface area contributed by atoms with Gasteiger partial charge >= 0.3 is 0 Å². The van der Waals surface area contributed by atoms with Gasteiger partial charge in [0.1, 0.15) is 5.82 Å². The van der Waals surface area contributed by atoms with Crippen molar-refractivity contribution in [2.24, 2.45) is 0 Å². The zero-order chi connectivity index (χ0) is 11.4. The van der Waals surface area contributed by atoms with Gasteiger partial charge in [-0.25, -0.2) is 15.0 Å². The lowest BCUT2D eigenvalue weighted by molar-refractivity contribution is 0.978. The van der Waals surface area contributed by atoms with E-state index < -0.39 is 0 Å². The minimum Gasteiger partial charge on any atom is -0.369 e. The molecule has 0 aliphatic rings. The summed E-state index contributed by atoms with van der Waals surface area (Å²) in [6.07, 6.45) is 2.70. The van der Waals surface area contributed by atoms with Crippen LogP contribution >= 0.6 is 22.9 Å². The van der Waals surface area contributed by atoms with Crippen LogP contribution in [0.3, 0.4) is 0 Å². The molecule has 0 bridgehead atoms. The average molecular weight is 255 g/mol. The maximum absolute atomic E-state index is 5.76. The third-order valence-electron chi connectivity index (χ3n) is 1.96. The molecule has 0 aliphatic carbocycles. The average Bonchev–Trinajstić information content (AvgIpc) is 2.69. The Morgan fingerprint density at radius 3 is 3.00 bits per heavy atom. The van der Waals surface area contributed by atoms with E-state index in [0.717, 1.165) is 29.5 Å². The second kappa shape index (κ2) is 5.23. The summed E-state index contributed by atoms with van der Waals surface area (Å²) in [4.78, 5) is 12.3. The third kappa shape index (κ3) is 3.15. The minimum atomic E-state index is 0.275. The molecule has 2 aromatic heterocycles. The van der Waals surface area contributed by atoms with Crippen LogP contribution in [-0.4, -0.2) is 21.5 Å². The number of hydrogen-bond acceptors (Lipinski definition) is 5. The van der Waals surface area contributed by atoms with E-state index in [1.165, 1.54) is 0 Å². The highest BCUT2D eigenvalue weighted by atomic mass is 35.5. The minimum absolute atomic E-state index is 0.275. The number of anilines is 1. The summed E-state index contributed by atoms with van der Waals surface area (Å²) < 4.78 is 0. The summed E-state index contributed by atoms with van der Waals surface area (Å²) in [6, 6.07) is 1.87. The fraction of sp³-hybridized carbons (Fsp3) is 0.300. The van der Waals surface area contributed by atoms with E-state index in [-0.39, 0.29) is 5.28 Å². The molecule has 0 amide bonds. The summed E-state index contributed by atoms with van der Waals surface area (Å²) in [6.45, 7) is 2.68. The van der Waals surface area contributed by atoms with Crippen LogP contribution in [0.4, 0.5) is 5.82 Å². The normalized spacial score (nSPS) is 10.4. The Morgan fingerprint density at radius 1 is 1.44 bits per heavy atom. The Hall–Kier alpha value is -1.20. The lowest BCUT2D eigenvalue weighted by Gasteiger charge is -2.04. The van der Waals surface area contributed by atoms with Gasteiger partial charge in [0.05, 0.1) is 5.01 Å². The van der Waals surface area contributed by atoms with Gasteiger partial charge in [-0.1, -0.05) is 0 Å². The van der Waals surface area contributed by atoms with Gasteiger partial charge in [-0.05, 0) is 18.5 Å². The first kappa shape index (κ1) is 11.3. The van der Waals surface area contributed by atoms with Gasteiger partial charge in [0.25, 0.3) is 0 Å². The van der Waals surface area contributed by atoms with Gasteiger partial charge in [0, 0.05) is 36.3 Å². The van der Waals surface area contributed by atoms with Crippen molar-refractivity contribution in [1.29, 1.82) is 0 Å². The van der Waals surface area contributed by atoms with Crippen LogP contribution in [0.2, 0.25) is 5.28 Å². The Kier molecular flexibility index (Phi) is 3.69. The predicted octanol–water partition coefficient (Wildman–Crippen LogP) is 2.55. The van der Waals surface area contributed by atoms with Crippen LogP contribution < -0.4 is 5.32 Å². The summed E-state index contributed by atoms with van der Waals surface area (Å²) in [5.41, 5.74) is 0.858. The van der Waals surface area contributed by atoms with Crippen molar-refractivity contribution in [3.8, 4) is 0 Å². The molecule has 0 fully saturated rings. The van der Waals surface area contributed by atoms with E-state index in [4.69, 9.17) is 11.6 Å². The van der Waals surface area contributed by atoms with Crippen molar-refractivity contribution >= 4 is 28.8 Å². The number of rotatable bonds is 4. The van der Waals surface area contributed by atoms with Gasteiger partial charge in [0.15, 0.2) is 0 Å². The fourth-order valence-electron chi connectivity index (χ4n) is 1.30. The van der Waals surface area contributed by atoms with E-state index in [9.17, 15) is 0 Å². The number of halogens is 1. The SMILES string of the molecule is Cc1cc(NCCc2nccs2)nc(Cl)n1. The molecule has 6 heteroatoms. The molecule has 0 radical (unpaired) electrons. The van der Waals surface area contributed by atoms with Crippen molar-refractivity contribution in [3.63, 3.8) is 0 Å². The van der Waals surface area contributed by atoms with E-state index in [2.05, 4.69) is 20.3 Å². The molecule has 0 atom stereocenters. The number of aryl methyl sites for hydroxylation is 1. The van der Waals surface area contributed by atoms with Gasteiger partial charge < -0.3 is 5.32 Å². The van der Waals surface area contributed by atoms with Crippen molar-refractivity contribution < 1.29 is 0 Å². The molecule has 1 N–H and O–H groups in total. The van der Waals surface area contributed by atoms with Crippen LogP contribution in [0.1, 0.15) is 10.7 Å². The molecule has 2 heterocycles. The van der Waals surface area contributed by atoms with Crippen LogP contribution in [0.25, 0.3) is 0 Å². The van der Waals surface area contributed by atoms with Gasteiger partial charge in [-0.2, -0.15) is 0 Å². The van der Waals surface area contributed by atoms with Crippen molar-refractivity contribution in [2.75, 3.05) is 11.9 Å². The summed E-state index contributed by atoms with van der Waals surface area (Å²) in [7, 11) is 0. The summed E-state index contributed by atoms with van der Waals surface area (Å²) in [5.74, 6) is 0.758. The van der Waals surface area contributed by atoms with E-state index >= 15 is 0 Å². The molecule has 84 valence electrons. The molecule has 0 unspecified atom stereocenters. The lowest BCUT2D eigenvalue weighted by Crippen LogP contribution is -2.07. The standard InChI is InChI=1S/C10H11ClN4S/c1-7-6-8(15-10(11)14-7)12-3-2-9-13-4-5-16-9/h4-6H,2-3H2,1H3,(H,12,14,15). The van der Waals surface area contributed by atoms with Gasteiger partial charge in [0.2, 0.25) is 5.28 Å². The monoisotopic (exact) mass is 254 g/mol. The highest BCUT2D eigenvalue weighted by Crippen LogP contribution is 2.10. The Balaban J connectivity index is 1.89. The molecular weight excluding hydrogens is 244 g/mol. The molecule has 2 aromatic rings. The highest BCUT2D eigenvalue weighted by molar-refractivity contribution is 7.09. The van der Waals surface area contributed by atoms with Crippen molar-refractivity contribution in [2.45, 2.75) is 13.3 Å². The Bertz CT molecular complexity index is 438.